The fraction of sp³-hybridized carbons (Fsp3) is 0.636. The van der Waals surface area contributed by atoms with Crippen LogP contribution in [-0.2, 0) is 0 Å². The van der Waals surface area contributed by atoms with Crippen LogP contribution < -0.4 is 5.32 Å². The first-order chi connectivity index (χ1) is 7.18. The number of nitrogens with zero attached hydrogens (tertiary/aromatic N) is 2. The molecule has 0 aromatic carbocycles. The zero-order valence-corrected chi connectivity index (χ0v) is 9.93. The van der Waals surface area contributed by atoms with Gasteiger partial charge in [0.15, 0.2) is 11.0 Å². The van der Waals surface area contributed by atoms with Crippen molar-refractivity contribution in [1.82, 2.24) is 10.2 Å². The van der Waals surface area contributed by atoms with E-state index in [-0.39, 0.29) is 0 Å². The number of hydrogen-bond donors (Lipinski definition) is 1. The molecule has 2 rings (SSSR count). The molecular formula is C11H16ClN3. The quantitative estimate of drug-likeness (QED) is 0.841. The topological polar surface area (TPSA) is 37.8 Å². The van der Waals surface area contributed by atoms with Crippen molar-refractivity contribution in [1.29, 1.82) is 0 Å². The molecule has 1 aromatic heterocycles. The van der Waals surface area contributed by atoms with Gasteiger partial charge in [0.2, 0.25) is 0 Å². The van der Waals surface area contributed by atoms with Crippen LogP contribution in [0.25, 0.3) is 0 Å². The average molecular weight is 226 g/mol. The third-order valence-corrected chi connectivity index (χ3v) is 3.52. The van der Waals surface area contributed by atoms with Crippen molar-refractivity contribution in [2.24, 2.45) is 0 Å². The monoisotopic (exact) mass is 225 g/mol. The van der Waals surface area contributed by atoms with Gasteiger partial charge in [0.25, 0.3) is 0 Å². The highest BCUT2D eigenvalue weighted by Crippen LogP contribution is 2.25. The van der Waals surface area contributed by atoms with Gasteiger partial charge in [-0.1, -0.05) is 24.4 Å². The molecule has 0 spiro atoms. The summed E-state index contributed by atoms with van der Waals surface area (Å²) in [4.78, 5) is 0. The normalized spacial score (nSPS) is 17.0. The van der Waals surface area contributed by atoms with Crippen LogP contribution in [0, 0.1) is 13.8 Å². The summed E-state index contributed by atoms with van der Waals surface area (Å²) >= 11 is 5.90. The summed E-state index contributed by atoms with van der Waals surface area (Å²) in [6.07, 6.45) is 5.11. The number of hydrogen-bond acceptors (Lipinski definition) is 3. The lowest BCUT2D eigenvalue weighted by molar-refractivity contribution is 0.744. The Hall–Kier alpha value is -0.830. The maximum absolute atomic E-state index is 5.90. The van der Waals surface area contributed by atoms with Gasteiger partial charge in [-0.25, -0.2) is 0 Å². The minimum absolute atomic E-state index is 0.504. The van der Waals surface area contributed by atoms with Crippen molar-refractivity contribution in [2.75, 3.05) is 5.32 Å². The van der Waals surface area contributed by atoms with Gasteiger partial charge in [0.05, 0.1) is 0 Å². The van der Waals surface area contributed by atoms with Gasteiger partial charge in [-0.3, -0.25) is 0 Å². The lowest BCUT2D eigenvalue weighted by Gasteiger charge is -2.15. The Morgan fingerprint density at radius 3 is 2.47 bits per heavy atom. The van der Waals surface area contributed by atoms with E-state index >= 15 is 0 Å². The predicted octanol–water partition coefficient (Wildman–Crippen LogP) is 3.10. The summed E-state index contributed by atoms with van der Waals surface area (Å²) in [5.41, 5.74) is 2.13. The number of halogens is 1. The van der Waals surface area contributed by atoms with E-state index in [2.05, 4.69) is 15.5 Å². The van der Waals surface area contributed by atoms with Crippen molar-refractivity contribution in [3.8, 4) is 0 Å². The van der Waals surface area contributed by atoms with Crippen LogP contribution in [0.15, 0.2) is 0 Å². The Morgan fingerprint density at radius 1 is 1.13 bits per heavy atom. The zero-order valence-electron chi connectivity index (χ0n) is 9.18. The molecule has 1 aliphatic rings. The smallest absolute Gasteiger partial charge is 0.155 e. The molecule has 1 saturated carbocycles. The highest BCUT2D eigenvalue weighted by Gasteiger charge is 2.17. The van der Waals surface area contributed by atoms with Crippen molar-refractivity contribution >= 4 is 17.4 Å². The van der Waals surface area contributed by atoms with Gasteiger partial charge in [-0.15, -0.1) is 10.2 Å². The van der Waals surface area contributed by atoms with E-state index in [1.54, 1.807) is 0 Å². The van der Waals surface area contributed by atoms with E-state index in [0.29, 0.717) is 11.2 Å². The molecule has 0 unspecified atom stereocenters. The van der Waals surface area contributed by atoms with E-state index in [1.165, 1.54) is 25.7 Å². The fourth-order valence-corrected chi connectivity index (χ4v) is 2.16. The molecular weight excluding hydrogens is 210 g/mol. The Balaban J connectivity index is 2.17. The summed E-state index contributed by atoms with van der Waals surface area (Å²) in [6.45, 7) is 4.01. The van der Waals surface area contributed by atoms with Gasteiger partial charge in [0.1, 0.15) is 0 Å². The summed E-state index contributed by atoms with van der Waals surface area (Å²) in [5.74, 6) is 0.892. The minimum atomic E-state index is 0.504. The van der Waals surface area contributed by atoms with Crippen LogP contribution >= 0.6 is 11.6 Å². The molecule has 3 nitrogen and oxygen atoms in total. The molecule has 82 valence electrons. The first-order valence-electron chi connectivity index (χ1n) is 5.44. The molecule has 1 N–H and O–H groups in total. The maximum Gasteiger partial charge on any atom is 0.155 e. The molecule has 1 heterocycles. The lowest BCUT2D eigenvalue weighted by Crippen LogP contribution is -2.17. The van der Waals surface area contributed by atoms with Crippen LogP contribution in [0.1, 0.15) is 36.8 Å². The number of nitrogens with one attached hydrogen (secondary N) is 1. The number of anilines is 1. The van der Waals surface area contributed by atoms with Crippen molar-refractivity contribution in [3.05, 3.63) is 16.3 Å². The van der Waals surface area contributed by atoms with Crippen molar-refractivity contribution in [3.63, 3.8) is 0 Å². The van der Waals surface area contributed by atoms with Crippen LogP contribution in [0.2, 0.25) is 5.15 Å². The molecule has 0 atom stereocenters. The SMILES string of the molecule is Cc1c(Cl)nnc(NC2CCCC2)c1C. The molecule has 0 radical (unpaired) electrons. The highest BCUT2D eigenvalue weighted by molar-refractivity contribution is 6.30. The Bertz CT molecular complexity index is 359. The summed E-state index contributed by atoms with van der Waals surface area (Å²) in [5, 5.41) is 12.0. The van der Waals surface area contributed by atoms with Crippen LogP contribution in [-0.4, -0.2) is 16.2 Å². The first-order valence-corrected chi connectivity index (χ1v) is 5.82. The highest BCUT2D eigenvalue weighted by atomic mass is 35.5. The van der Waals surface area contributed by atoms with Gasteiger partial charge in [-0.2, -0.15) is 0 Å². The van der Waals surface area contributed by atoms with E-state index in [1.807, 2.05) is 13.8 Å². The van der Waals surface area contributed by atoms with E-state index in [4.69, 9.17) is 11.6 Å². The van der Waals surface area contributed by atoms with Crippen molar-refractivity contribution < 1.29 is 0 Å². The number of aromatic nitrogens is 2. The molecule has 1 aliphatic carbocycles. The number of rotatable bonds is 2. The van der Waals surface area contributed by atoms with E-state index < -0.39 is 0 Å². The summed E-state index contributed by atoms with van der Waals surface area (Å²) in [7, 11) is 0. The second kappa shape index (κ2) is 4.35. The Kier molecular flexibility index (Phi) is 3.10. The standard InChI is InChI=1S/C11H16ClN3/c1-7-8(2)11(15-14-10(7)12)13-9-5-3-4-6-9/h9H,3-6H2,1-2H3,(H,13,15). The van der Waals surface area contributed by atoms with E-state index in [9.17, 15) is 0 Å². The van der Waals surface area contributed by atoms with Crippen LogP contribution in [0.5, 0.6) is 0 Å². The van der Waals surface area contributed by atoms with Gasteiger partial charge in [0, 0.05) is 6.04 Å². The maximum atomic E-state index is 5.90. The first kappa shape index (κ1) is 10.7. The minimum Gasteiger partial charge on any atom is -0.366 e. The predicted molar refractivity (Wildman–Crippen MR) is 62.4 cm³/mol. The van der Waals surface area contributed by atoms with Gasteiger partial charge < -0.3 is 5.32 Å². The van der Waals surface area contributed by atoms with Crippen molar-refractivity contribution in [2.45, 2.75) is 45.6 Å². The van der Waals surface area contributed by atoms with Gasteiger partial charge in [-0.05, 0) is 37.8 Å². The third kappa shape index (κ3) is 2.23. The third-order valence-electron chi connectivity index (χ3n) is 3.16. The Morgan fingerprint density at radius 2 is 1.80 bits per heavy atom. The summed E-state index contributed by atoms with van der Waals surface area (Å²) < 4.78 is 0. The van der Waals surface area contributed by atoms with Crippen LogP contribution in [0.4, 0.5) is 5.82 Å². The summed E-state index contributed by atoms with van der Waals surface area (Å²) in [6, 6.07) is 0.568. The largest absolute Gasteiger partial charge is 0.366 e. The average Bonchev–Trinajstić information content (AvgIpc) is 2.72. The molecule has 4 heteroatoms. The van der Waals surface area contributed by atoms with Crippen LogP contribution in [0.3, 0.4) is 0 Å². The van der Waals surface area contributed by atoms with Gasteiger partial charge >= 0.3 is 0 Å². The molecule has 0 bridgehead atoms. The lowest BCUT2D eigenvalue weighted by atomic mass is 10.2. The molecule has 15 heavy (non-hydrogen) atoms. The Labute approximate surface area is 95.2 Å². The molecule has 0 saturated heterocycles. The second-order valence-corrected chi connectivity index (χ2v) is 4.57. The second-order valence-electron chi connectivity index (χ2n) is 4.22. The molecule has 0 aliphatic heterocycles. The molecule has 0 amide bonds. The molecule has 1 aromatic rings. The molecule has 1 fully saturated rings. The fourth-order valence-electron chi connectivity index (χ4n) is 1.98. The van der Waals surface area contributed by atoms with E-state index in [0.717, 1.165) is 16.9 Å². The zero-order chi connectivity index (χ0) is 10.8.